The average molecular weight is 425 g/mol. The fourth-order valence-electron chi connectivity index (χ4n) is 2.84. The fourth-order valence-corrected chi connectivity index (χ4v) is 4.46. The third-order valence-corrected chi connectivity index (χ3v) is 6.35. The first-order valence-corrected chi connectivity index (χ1v) is 12.0. The van der Waals surface area contributed by atoms with Gasteiger partial charge in [0.25, 0.3) is 0 Å². The van der Waals surface area contributed by atoms with Crippen molar-refractivity contribution in [3.63, 3.8) is 0 Å². The van der Waals surface area contributed by atoms with Gasteiger partial charge in [-0.25, -0.2) is 4.79 Å². The van der Waals surface area contributed by atoms with Gasteiger partial charge in [-0.2, -0.15) is 0 Å². The van der Waals surface area contributed by atoms with E-state index in [-0.39, 0.29) is 6.03 Å². The molecule has 1 unspecified atom stereocenters. The van der Waals surface area contributed by atoms with Gasteiger partial charge in [0, 0.05) is 39.4 Å². The number of carbonyl (C=O) groups excluding carboxylic acids is 1. The molecule has 29 heavy (non-hydrogen) atoms. The molecule has 150 valence electrons. The molecule has 0 saturated carbocycles. The van der Waals surface area contributed by atoms with Crippen LogP contribution < -0.4 is 10.6 Å². The molecule has 0 aromatic heterocycles. The van der Waals surface area contributed by atoms with Gasteiger partial charge >= 0.3 is 6.03 Å². The van der Waals surface area contributed by atoms with Gasteiger partial charge in [0.1, 0.15) is 0 Å². The number of anilines is 1. The Kier molecular flexibility index (Phi) is 7.90. The Balaban J connectivity index is 1.50. The summed E-state index contributed by atoms with van der Waals surface area (Å²) >= 11 is 1.69. The third kappa shape index (κ3) is 7.07. The second-order valence-electron chi connectivity index (χ2n) is 6.57. The molecule has 0 radical (unpaired) electrons. The van der Waals surface area contributed by atoms with E-state index >= 15 is 0 Å². The zero-order valence-electron chi connectivity index (χ0n) is 16.3. The van der Waals surface area contributed by atoms with E-state index in [1.165, 1.54) is 4.90 Å². The largest absolute Gasteiger partial charge is 0.334 e. The maximum atomic E-state index is 12.4. The number of benzene rings is 3. The van der Waals surface area contributed by atoms with Gasteiger partial charge in [-0.1, -0.05) is 54.6 Å². The summed E-state index contributed by atoms with van der Waals surface area (Å²) in [5, 5.41) is 5.71. The number of thioether (sulfide) groups is 1. The molecule has 1 atom stereocenters. The Hall–Kier alpha value is -2.57. The van der Waals surface area contributed by atoms with E-state index in [0.29, 0.717) is 23.7 Å². The predicted molar refractivity (Wildman–Crippen MR) is 123 cm³/mol. The monoisotopic (exact) mass is 424 g/mol. The lowest BCUT2D eigenvalue weighted by Gasteiger charge is -2.10. The van der Waals surface area contributed by atoms with E-state index in [2.05, 4.69) is 10.6 Å². The zero-order valence-corrected chi connectivity index (χ0v) is 17.9. The number of rotatable bonds is 8. The topological polar surface area (TPSA) is 58.2 Å². The van der Waals surface area contributed by atoms with Gasteiger partial charge in [0.15, 0.2) is 0 Å². The van der Waals surface area contributed by atoms with E-state index < -0.39 is 10.8 Å². The molecule has 0 bridgehead atoms. The summed E-state index contributed by atoms with van der Waals surface area (Å²) in [6, 6.07) is 25.1. The summed E-state index contributed by atoms with van der Waals surface area (Å²) in [7, 11) is -1.00. The minimum absolute atomic E-state index is 0.262. The van der Waals surface area contributed by atoms with Crippen molar-refractivity contribution in [3.05, 3.63) is 95.6 Å². The zero-order chi connectivity index (χ0) is 20.5. The van der Waals surface area contributed by atoms with Crippen LogP contribution in [0.25, 0.3) is 0 Å². The van der Waals surface area contributed by atoms with Crippen molar-refractivity contribution in [1.29, 1.82) is 0 Å². The number of urea groups is 1. The third-order valence-electron chi connectivity index (χ3n) is 4.30. The first-order valence-electron chi connectivity index (χ1n) is 9.28. The van der Waals surface area contributed by atoms with Gasteiger partial charge in [0.2, 0.25) is 0 Å². The molecule has 0 aliphatic rings. The van der Waals surface area contributed by atoms with Crippen LogP contribution >= 0.6 is 11.8 Å². The number of amides is 2. The van der Waals surface area contributed by atoms with E-state index in [0.717, 1.165) is 16.7 Å². The molecule has 4 nitrogen and oxygen atoms in total. The lowest BCUT2D eigenvalue weighted by molar-refractivity contribution is 0.251. The van der Waals surface area contributed by atoms with E-state index in [9.17, 15) is 9.00 Å². The molecule has 0 spiro atoms. The lowest BCUT2D eigenvalue weighted by atomic mass is 10.2. The van der Waals surface area contributed by atoms with Crippen LogP contribution in [0, 0.1) is 0 Å². The molecule has 2 N–H and O–H groups in total. The SMILES string of the molecule is CSc1ccc(CNC(=O)Nc2cccc(CS(=O)Cc3ccccc3)c2)cc1. The molecule has 0 saturated heterocycles. The second-order valence-corrected chi connectivity index (χ2v) is 8.91. The van der Waals surface area contributed by atoms with Gasteiger partial charge < -0.3 is 10.6 Å². The van der Waals surface area contributed by atoms with Gasteiger partial charge in [-0.3, -0.25) is 4.21 Å². The van der Waals surface area contributed by atoms with E-state index in [1.54, 1.807) is 11.8 Å². The molecule has 3 aromatic rings. The molecular formula is C23H24N2O2S2. The van der Waals surface area contributed by atoms with Crippen LogP contribution in [-0.4, -0.2) is 16.5 Å². The Bertz CT molecular complexity index is 960. The number of carbonyl (C=O) groups is 1. The van der Waals surface area contributed by atoms with Gasteiger partial charge in [-0.05, 0) is 47.2 Å². The second kappa shape index (κ2) is 10.8. The highest BCUT2D eigenvalue weighted by atomic mass is 32.2. The molecule has 0 fully saturated rings. The standard InChI is InChI=1S/C23H24N2O2S2/c1-28-22-12-10-18(11-13-22)15-24-23(26)25-21-9-5-8-20(14-21)17-29(27)16-19-6-3-2-4-7-19/h2-14H,15-17H2,1H3,(H2,24,25,26). The quantitative estimate of drug-likeness (QED) is 0.490. The van der Waals surface area contributed by atoms with Crippen molar-refractivity contribution in [2.75, 3.05) is 11.6 Å². The van der Waals surface area contributed by atoms with Crippen LogP contribution in [0.1, 0.15) is 16.7 Å². The Morgan fingerprint density at radius 2 is 1.55 bits per heavy atom. The molecule has 6 heteroatoms. The van der Waals surface area contributed by atoms with Crippen LogP contribution in [0.3, 0.4) is 0 Å². The van der Waals surface area contributed by atoms with Crippen LogP contribution in [0.2, 0.25) is 0 Å². The van der Waals surface area contributed by atoms with Crippen LogP contribution in [0.15, 0.2) is 83.8 Å². The maximum Gasteiger partial charge on any atom is 0.319 e. The highest BCUT2D eigenvalue weighted by Gasteiger charge is 2.06. The Morgan fingerprint density at radius 1 is 0.862 bits per heavy atom. The highest BCUT2D eigenvalue weighted by Crippen LogP contribution is 2.16. The first-order chi connectivity index (χ1) is 14.1. The molecule has 3 rings (SSSR count). The number of hydrogen-bond acceptors (Lipinski definition) is 3. The van der Waals surface area contributed by atoms with Crippen LogP contribution in [0.5, 0.6) is 0 Å². The molecule has 0 aliphatic carbocycles. The summed E-state index contributed by atoms with van der Waals surface area (Å²) in [5.41, 5.74) is 3.73. The van der Waals surface area contributed by atoms with Crippen molar-refractivity contribution < 1.29 is 9.00 Å². The molecular weight excluding hydrogens is 400 g/mol. The normalized spacial score (nSPS) is 11.6. The summed E-state index contributed by atoms with van der Waals surface area (Å²) in [4.78, 5) is 13.4. The molecule has 2 amide bonds. The number of nitrogens with one attached hydrogen (secondary N) is 2. The van der Waals surface area contributed by atoms with Crippen molar-refractivity contribution >= 4 is 34.3 Å². The van der Waals surface area contributed by atoms with E-state index in [1.807, 2.05) is 85.1 Å². The fraction of sp³-hybridized carbons (Fsp3) is 0.174. The average Bonchev–Trinajstić information content (AvgIpc) is 2.73. The summed E-state index contributed by atoms with van der Waals surface area (Å²) in [6.07, 6.45) is 2.03. The van der Waals surface area contributed by atoms with Gasteiger partial charge in [0.05, 0.1) is 0 Å². The summed E-state index contributed by atoms with van der Waals surface area (Å²) < 4.78 is 12.4. The van der Waals surface area contributed by atoms with Crippen LogP contribution in [-0.2, 0) is 28.9 Å². The van der Waals surface area contributed by atoms with Crippen molar-refractivity contribution in [2.24, 2.45) is 0 Å². The van der Waals surface area contributed by atoms with E-state index in [4.69, 9.17) is 0 Å². The molecule has 3 aromatic carbocycles. The first kappa shape index (κ1) is 21.1. The highest BCUT2D eigenvalue weighted by molar-refractivity contribution is 7.98. The Labute approximate surface area is 178 Å². The summed E-state index contributed by atoms with van der Waals surface area (Å²) in [6.45, 7) is 0.460. The summed E-state index contributed by atoms with van der Waals surface area (Å²) in [5.74, 6) is 0.974. The maximum absolute atomic E-state index is 12.4. The van der Waals surface area contributed by atoms with Gasteiger partial charge in [-0.15, -0.1) is 11.8 Å². The molecule has 0 heterocycles. The lowest BCUT2D eigenvalue weighted by Crippen LogP contribution is -2.28. The van der Waals surface area contributed by atoms with Crippen molar-refractivity contribution in [1.82, 2.24) is 5.32 Å². The minimum atomic E-state index is -1.00. The van der Waals surface area contributed by atoms with Crippen LogP contribution in [0.4, 0.5) is 10.5 Å². The minimum Gasteiger partial charge on any atom is -0.334 e. The number of hydrogen-bond donors (Lipinski definition) is 2. The smallest absolute Gasteiger partial charge is 0.319 e. The van der Waals surface area contributed by atoms with Crippen molar-refractivity contribution in [3.8, 4) is 0 Å². The molecule has 0 aliphatic heterocycles. The van der Waals surface area contributed by atoms with Crippen molar-refractivity contribution in [2.45, 2.75) is 22.9 Å². The predicted octanol–water partition coefficient (Wildman–Crippen LogP) is 5.18. The Morgan fingerprint density at radius 3 is 2.28 bits per heavy atom.